The Morgan fingerprint density at radius 3 is 2.40 bits per heavy atom. The van der Waals surface area contributed by atoms with Gasteiger partial charge < -0.3 is 10.1 Å². The van der Waals surface area contributed by atoms with E-state index in [9.17, 15) is 17.6 Å². The highest BCUT2D eigenvalue weighted by Gasteiger charge is 2.22. The van der Waals surface area contributed by atoms with Gasteiger partial charge in [-0.25, -0.2) is 12.8 Å². The van der Waals surface area contributed by atoms with Crippen molar-refractivity contribution in [2.24, 2.45) is 0 Å². The van der Waals surface area contributed by atoms with Crippen molar-refractivity contribution in [2.75, 3.05) is 23.8 Å². The molecule has 0 spiro atoms. The summed E-state index contributed by atoms with van der Waals surface area (Å²) in [7, 11) is -0.951. The molecular formula is C21H18ClFN2O4S. The second kappa shape index (κ2) is 8.73. The van der Waals surface area contributed by atoms with Crippen LogP contribution in [0.5, 0.6) is 5.75 Å². The lowest BCUT2D eigenvalue weighted by atomic mass is 10.2. The Labute approximate surface area is 178 Å². The van der Waals surface area contributed by atoms with E-state index in [4.69, 9.17) is 16.3 Å². The molecule has 9 heteroatoms. The number of nitrogens with one attached hydrogen (secondary N) is 1. The van der Waals surface area contributed by atoms with Crippen molar-refractivity contribution < 1.29 is 22.3 Å². The zero-order valence-corrected chi connectivity index (χ0v) is 17.7. The molecule has 0 saturated carbocycles. The maximum atomic E-state index is 13.3. The minimum atomic E-state index is -3.84. The van der Waals surface area contributed by atoms with Gasteiger partial charge in [0.2, 0.25) is 0 Å². The average molecular weight is 449 g/mol. The van der Waals surface area contributed by atoms with E-state index in [0.717, 1.165) is 10.4 Å². The molecule has 156 valence electrons. The summed E-state index contributed by atoms with van der Waals surface area (Å²) in [6.07, 6.45) is 0. The zero-order chi connectivity index (χ0) is 21.9. The fourth-order valence-corrected chi connectivity index (χ4v) is 4.03. The lowest BCUT2D eigenvalue weighted by Gasteiger charge is -2.20. The molecule has 0 saturated heterocycles. The van der Waals surface area contributed by atoms with E-state index in [1.165, 1.54) is 50.6 Å². The molecule has 0 radical (unpaired) electrons. The molecule has 0 aromatic heterocycles. The van der Waals surface area contributed by atoms with Gasteiger partial charge in [0.1, 0.15) is 11.6 Å². The smallest absolute Gasteiger partial charge is 0.264 e. The quantitative estimate of drug-likeness (QED) is 0.599. The molecule has 3 rings (SSSR count). The Morgan fingerprint density at radius 1 is 1.07 bits per heavy atom. The summed E-state index contributed by atoms with van der Waals surface area (Å²) in [6, 6.07) is 15.9. The lowest BCUT2D eigenvalue weighted by molar-refractivity contribution is 0.102. The highest BCUT2D eigenvalue weighted by molar-refractivity contribution is 7.92. The number of nitrogens with zero attached hydrogens (tertiary/aromatic N) is 1. The van der Waals surface area contributed by atoms with Gasteiger partial charge in [-0.1, -0.05) is 17.7 Å². The first-order chi connectivity index (χ1) is 14.2. The van der Waals surface area contributed by atoms with E-state index in [-0.39, 0.29) is 15.5 Å². The summed E-state index contributed by atoms with van der Waals surface area (Å²) in [6.45, 7) is 0. The van der Waals surface area contributed by atoms with Gasteiger partial charge in [-0.2, -0.15) is 0 Å². The van der Waals surface area contributed by atoms with E-state index in [1.54, 1.807) is 24.3 Å². The van der Waals surface area contributed by atoms with Crippen LogP contribution in [0.3, 0.4) is 0 Å². The summed E-state index contributed by atoms with van der Waals surface area (Å²) in [5.74, 6) is -0.548. The molecule has 0 atom stereocenters. The number of carbonyl (C=O) groups is 1. The first-order valence-electron chi connectivity index (χ1n) is 8.72. The molecule has 0 fully saturated rings. The number of amides is 1. The highest BCUT2D eigenvalue weighted by atomic mass is 35.5. The molecule has 0 bridgehead atoms. The van der Waals surface area contributed by atoms with Crippen molar-refractivity contribution >= 4 is 38.9 Å². The van der Waals surface area contributed by atoms with E-state index >= 15 is 0 Å². The van der Waals surface area contributed by atoms with E-state index in [0.29, 0.717) is 17.1 Å². The summed E-state index contributed by atoms with van der Waals surface area (Å²) >= 11 is 5.73. The predicted octanol–water partition coefficient (Wildman–Crippen LogP) is 4.57. The Morgan fingerprint density at radius 2 is 1.77 bits per heavy atom. The summed E-state index contributed by atoms with van der Waals surface area (Å²) in [4.78, 5) is 12.6. The molecule has 30 heavy (non-hydrogen) atoms. The van der Waals surface area contributed by atoms with E-state index in [1.807, 2.05) is 0 Å². The number of hydrogen-bond donors (Lipinski definition) is 1. The van der Waals surface area contributed by atoms with Crippen LogP contribution in [0.15, 0.2) is 71.6 Å². The van der Waals surface area contributed by atoms with Crippen LogP contribution in [0.25, 0.3) is 0 Å². The van der Waals surface area contributed by atoms with Gasteiger partial charge in [-0.3, -0.25) is 9.10 Å². The highest BCUT2D eigenvalue weighted by Crippen LogP contribution is 2.25. The largest absolute Gasteiger partial charge is 0.497 e. The maximum Gasteiger partial charge on any atom is 0.264 e. The SMILES string of the molecule is COc1ccc(S(=O)(=O)N(C)c2cccc(C(=O)Nc3ccc(F)c(Cl)c3)c2)cc1. The van der Waals surface area contributed by atoms with Crippen LogP contribution in [0.2, 0.25) is 5.02 Å². The molecule has 1 amide bonds. The fourth-order valence-electron chi connectivity index (χ4n) is 2.66. The number of rotatable bonds is 6. The number of hydrogen-bond acceptors (Lipinski definition) is 4. The minimum Gasteiger partial charge on any atom is -0.497 e. The molecular weight excluding hydrogens is 431 g/mol. The normalized spacial score (nSPS) is 11.1. The molecule has 3 aromatic rings. The Hall–Kier alpha value is -3.10. The number of anilines is 2. The van der Waals surface area contributed by atoms with Gasteiger partial charge in [0.25, 0.3) is 15.9 Å². The Bertz CT molecular complexity index is 1180. The van der Waals surface area contributed by atoms with Crippen molar-refractivity contribution in [1.29, 1.82) is 0 Å². The second-order valence-corrected chi connectivity index (χ2v) is 8.66. The second-order valence-electron chi connectivity index (χ2n) is 6.28. The first-order valence-corrected chi connectivity index (χ1v) is 10.5. The Balaban J connectivity index is 1.84. The molecule has 1 N–H and O–H groups in total. The number of halogens is 2. The monoisotopic (exact) mass is 448 g/mol. The van der Waals surface area contributed by atoms with Gasteiger partial charge in [-0.15, -0.1) is 0 Å². The molecule has 6 nitrogen and oxygen atoms in total. The van der Waals surface area contributed by atoms with Crippen LogP contribution < -0.4 is 14.4 Å². The van der Waals surface area contributed by atoms with Crippen molar-refractivity contribution in [3.8, 4) is 5.75 Å². The summed E-state index contributed by atoms with van der Waals surface area (Å²) in [5, 5.41) is 2.48. The van der Waals surface area contributed by atoms with Gasteiger partial charge >= 0.3 is 0 Å². The standard InChI is InChI=1S/C21H18ClFN2O4S/c1-25(30(27,28)18-9-7-17(29-2)8-10-18)16-5-3-4-14(12-16)21(26)24-15-6-11-20(23)19(22)13-15/h3-13H,1-2H3,(H,24,26). The number of methoxy groups -OCH3 is 1. The van der Waals surface area contributed by atoms with E-state index < -0.39 is 21.7 Å². The van der Waals surface area contributed by atoms with Gasteiger partial charge in [0, 0.05) is 18.3 Å². The van der Waals surface area contributed by atoms with Crippen molar-refractivity contribution in [3.05, 3.63) is 83.1 Å². The van der Waals surface area contributed by atoms with Crippen LogP contribution in [0.1, 0.15) is 10.4 Å². The van der Waals surface area contributed by atoms with E-state index in [2.05, 4.69) is 5.32 Å². The van der Waals surface area contributed by atoms with Crippen LogP contribution in [-0.2, 0) is 10.0 Å². The van der Waals surface area contributed by atoms with Crippen LogP contribution in [0.4, 0.5) is 15.8 Å². The maximum absolute atomic E-state index is 13.3. The zero-order valence-electron chi connectivity index (χ0n) is 16.1. The number of ether oxygens (including phenoxy) is 1. The Kier molecular flexibility index (Phi) is 6.28. The lowest BCUT2D eigenvalue weighted by Crippen LogP contribution is -2.26. The van der Waals surface area contributed by atoms with Crippen LogP contribution in [-0.4, -0.2) is 28.5 Å². The van der Waals surface area contributed by atoms with Crippen molar-refractivity contribution in [3.63, 3.8) is 0 Å². The average Bonchev–Trinajstić information content (AvgIpc) is 2.75. The number of benzene rings is 3. The van der Waals surface area contributed by atoms with Crippen molar-refractivity contribution in [2.45, 2.75) is 4.90 Å². The fraction of sp³-hybridized carbons (Fsp3) is 0.0952. The molecule has 0 aliphatic heterocycles. The van der Waals surface area contributed by atoms with Crippen LogP contribution in [0, 0.1) is 5.82 Å². The molecule has 0 unspecified atom stereocenters. The molecule has 3 aromatic carbocycles. The third-order valence-electron chi connectivity index (χ3n) is 4.37. The van der Waals surface area contributed by atoms with Crippen molar-refractivity contribution in [1.82, 2.24) is 0 Å². The van der Waals surface area contributed by atoms with Gasteiger partial charge in [0.15, 0.2) is 0 Å². The molecule has 0 aliphatic carbocycles. The summed E-state index contributed by atoms with van der Waals surface area (Å²) < 4.78 is 45.2. The molecule has 0 heterocycles. The van der Waals surface area contributed by atoms with Gasteiger partial charge in [-0.05, 0) is 60.7 Å². The number of sulfonamides is 1. The molecule has 0 aliphatic rings. The third kappa shape index (κ3) is 4.55. The van der Waals surface area contributed by atoms with Crippen LogP contribution >= 0.6 is 11.6 Å². The summed E-state index contributed by atoms with van der Waals surface area (Å²) in [5.41, 5.74) is 0.844. The first kappa shape index (κ1) is 21.6. The third-order valence-corrected chi connectivity index (χ3v) is 6.46. The number of carbonyl (C=O) groups excluding carboxylic acids is 1. The predicted molar refractivity (Wildman–Crippen MR) is 114 cm³/mol. The minimum absolute atomic E-state index is 0.0848. The topological polar surface area (TPSA) is 75.7 Å². The van der Waals surface area contributed by atoms with Gasteiger partial charge in [0.05, 0.1) is 22.7 Å².